The molecule has 0 spiro atoms. The number of hydrogen-bond acceptors (Lipinski definition) is 5. The number of unbranched alkanes of at least 4 members (excludes halogenated alkanes) is 24. The van der Waals surface area contributed by atoms with Crippen molar-refractivity contribution in [1.29, 1.82) is 0 Å². The average Bonchev–Trinajstić information content (AvgIpc) is 3.14. The molecule has 0 saturated heterocycles. The van der Waals surface area contributed by atoms with Gasteiger partial charge >= 0.3 is 11.9 Å². The molecule has 5 heteroatoms. The third kappa shape index (κ3) is 27.6. The van der Waals surface area contributed by atoms with E-state index in [-0.39, 0.29) is 22.8 Å². The van der Waals surface area contributed by atoms with Gasteiger partial charge in [0, 0.05) is 24.0 Å². The Balaban J connectivity index is 2.32. The summed E-state index contributed by atoms with van der Waals surface area (Å²) in [7, 11) is 0. The summed E-state index contributed by atoms with van der Waals surface area (Å²) in [6.07, 6.45) is 35.6. The molecule has 0 aliphatic heterocycles. The second-order valence-corrected chi connectivity index (χ2v) is 18.8. The lowest BCUT2D eigenvalue weighted by Crippen LogP contribution is -2.21. The highest BCUT2D eigenvalue weighted by Crippen LogP contribution is 2.41. The Morgan fingerprint density at radius 2 is 0.804 bits per heavy atom. The smallest absolute Gasteiger partial charge is 0.306 e. The lowest BCUT2D eigenvalue weighted by atomic mass is 9.78. The molecule has 1 aromatic carbocycles. The van der Waals surface area contributed by atoms with Crippen LogP contribution in [0.3, 0.4) is 0 Å². The first-order chi connectivity index (χ1) is 26.9. The monoisotopic (exact) mass is 784 g/mol. The van der Waals surface area contributed by atoms with Crippen LogP contribution in [0.25, 0.3) is 0 Å². The number of esters is 2. The first-order valence-corrected chi connectivity index (χ1v) is 23.8. The van der Waals surface area contributed by atoms with Crippen LogP contribution in [0.1, 0.15) is 251 Å². The molecule has 0 atom stereocenters. The number of rotatable bonds is 36. The zero-order chi connectivity index (χ0) is 41.3. The molecule has 56 heavy (non-hydrogen) atoms. The molecule has 1 rings (SSSR count). The van der Waals surface area contributed by atoms with Gasteiger partial charge in [0.15, 0.2) is 0 Å². The molecule has 0 fully saturated rings. The van der Waals surface area contributed by atoms with Gasteiger partial charge in [-0.15, -0.1) is 0 Å². The lowest BCUT2D eigenvalue weighted by molar-refractivity contribution is -0.144. The molecular formula is C51H91O5. The Morgan fingerprint density at radius 3 is 1.14 bits per heavy atom. The molecule has 0 N–H and O–H groups in total. The minimum absolute atomic E-state index is 0.0731. The van der Waals surface area contributed by atoms with Gasteiger partial charge in [-0.3, -0.25) is 9.59 Å². The first-order valence-electron chi connectivity index (χ1n) is 23.8. The van der Waals surface area contributed by atoms with Gasteiger partial charge in [-0.1, -0.05) is 215 Å². The van der Waals surface area contributed by atoms with Gasteiger partial charge in [0.05, 0.1) is 19.8 Å². The van der Waals surface area contributed by atoms with E-state index in [0.29, 0.717) is 38.9 Å². The van der Waals surface area contributed by atoms with Crippen LogP contribution in [0, 0.1) is 6.92 Å². The highest BCUT2D eigenvalue weighted by Gasteiger charge is 2.28. The van der Waals surface area contributed by atoms with Gasteiger partial charge in [-0.05, 0) is 48.5 Å². The topological polar surface area (TPSA) is 61.8 Å². The van der Waals surface area contributed by atoms with E-state index in [1.165, 1.54) is 152 Å². The molecular weight excluding hydrogens is 693 g/mol. The molecule has 0 unspecified atom stereocenters. The summed E-state index contributed by atoms with van der Waals surface area (Å²) < 4.78 is 17.5. The fourth-order valence-electron chi connectivity index (χ4n) is 7.45. The fraction of sp³-hybridized carbons (Fsp3) is 0.824. The van der Waals surface area contributed by atoms with Crippen molar-refractivity contribution in [3.05, 3.63) is 35.7 Å². The summed E-state index contributed by atoms with van der Waals surface area (Å²) >= 11 is 0. The lowest BCUT2D eigenvalue weighted by Gasteiger charge is -2.31. The Hall–Kier alpha value is -2.04. The van der Waals surface area contributed by atoms with Gasteiger partial charge in [-0.25, -0.2) is 0 Å². The minimum atomic E-state index is -0.117. The number of carbonyl (C=O) groups excluding carboxylic acids is 2. The van der Waals surface area contributed by atoms with Crippen molar-refractivity contribution in [2.45, 2.75) is 252 Å². The first kappa shape index (κ1) is 52.0. The zero-order valence-corrected chi connectivity index (χ0v) is 38.2. The van der Waals surface area contributed by atoms with E-state index in [0.717, 1.165) is 44.5 Å². The summed E-state index contributed by atoms with van der Waals surface area (Å²) in [5.41, 5.74) is 3.52. The number of aryl methyl sites for hydroxylation is 1. The van der Waals surface area contributed by atoms with Crippen molar-refractivity contribution in [2.75, 3.05) is 19.8 Å². The van der Waals surface area contributed by atoms with Crippen LogP contribution in [0.5, 0.6) is 5.75 Å². The summed E-state index contributed by atoms with van der Waals surface area (Å²) in [6, 6.07) is 4.56. The molecule has 1 aromatic rings. The SMILES string of the molecule is [CH2]CCC(=O)OCCCCCCCCCCCCOc1c(C(C)(C)C)cc(CCC(=O)OCCCCCCCCCCCCCCCCCC)cc1C(C)(C)C. The van der Waals surface area contributed by atoms with E-state index in [9.17, 15) is 9.59 Å². The van der Waals surface area contributed by atoms with Crippen LogP contribution in [-0.4, -0.2) is 31.8 Å². The van der Waals surface area contributed by atoms with Crippen molar-refractivity contribution < 1.29 is 23.8 Å². The van der Waals surface area contributed by atoms with E-state index < -0.39 is 0 Å². The Labute approximate surface area is 348 Å². The molecule has 325 valence electrons. The molecule has 0 heterocycles. The number of ether oxygens (including phenoxy) is 3. The van der Waals surface area contributed by atoms with Gasteiger partial charge in [0.2, 0.25) is 0 Å². The van der Waals surface area contributed by atoms with Crippen LogP contribution in [0.4, 0.5) is 0 Å². The van der Waals surface area contributed by atoms with Crippen molar-refractivity contribution in [1.82, 2.24) is 0 Å². The van der Waals surface area contributed by atoms with E-state index in [4.69, 9.17) is 14.2 Å². The van der Waals surface area contributed by atoms with Crippen LogP contribution < -0.4 is 4.74 Å². The number of benzene rings is 1. The summed E-state index contributed by atoms with van der Waals surface area (Å²) in [5, 5.41) is 0. The Kier molecular flexibility index (Phi) is 30.5. The summed E-state index contributed by atoms with van der Waals surface area (Å²) in [5.74, 6) is 0.840. The Morgan fingerprint density at radius 1 is 0.482 bits per heavy atom. The van der Waals surface area contributed by atoms with Crippen LogP contribution in [0.15, 0.2) is 12.1 Å². The average molecular weight is 784 g/mol. The predicted octanol–water partition coefficient (Wildman–Crippen LogP) is 15.5. The Bertz CT molecular complexity index is 1080. The van der Waals surface area contributed by atoms with E-state index >= 15 is 0 Å². The summed E-state index contributed by atoms with van der Waals surface area (Å²) in [4.78, 5) is 24.1. The maximum Gasteiger partial charge on any atom is 0.306 e. The quantitative estimate of drug-likeness (QED) is 0.0501. The van der Waals surface area contributed by atoms with E-state index in [2.05, 4.69) is 67.5 Å². The molecule has 0 saturated carbocycles. The van der Waals surface area contributed by atoms with E-state index in [1.807, 2.05) is 0 Å². The van der Waals surface area contributed by atoms with Crippen molar-refractivity contribution in [3.8, 4) is 5.75 Å². The normalized spacial score (nSPS) is 11.9. The largest absolute Gasteiger partial charge is 0.493 e. The van der Waals surface area contributed by atoms with Crippen LogP contribution in [0.2, 0.25) is 0 Å². The molecule has 0 bridgehead atoms. The standard InChI is InChI=1S/C51H91O5/c1-9-11-12-13-14-15-16-17-18-19-20-21-24-28-31-34-40-55-48(53)38-37-44-42-45(50(3,4)5)49(46(43-44)51(6,7)8)56-41-35-32-29-26-23-22-25-27-30-33-39-54-47(52)36-10-2/h42-43H,2,9-41H2,1,3-8H3. The van der Waals surface area contributed by atoms with Gasteiger partial charge in [0.1, 0.15) is 5.75 Å². The van der Waals surface area contributed by atoms with Gasteiger partial charge in [0.25, 0.3) is 0 Å². The molecule has 0 aliphatic rings. The second-order valence-electron chi connectivity index (χ2n) is 18.8. The van der Waals surface area contributed by atoms with Crippen molar-refractivity contribution in [3.63, 3.8) is 0 Å². The molecule has 1 radical (unpaired) electrons. The third-order valence-corrected chi connectivity index (χ3v) is 11.1. The molecule has 5 nitrogen and oxygen atoms in total. The van der Waals surface area contributed by atoms with E-state index in [1.54, 1.807) is 0 Å². The maximum atomic E-state index is 12.7. The second kappa shape index (κ2) is 32.9. The molecule has 0 amide bonds. The third-order valence-electron chi connectivity index (χ3n) is 11.1. The van der Waals surface area contributed by atoms with Crippen molar-refractivity contribution >= 4 is 11.9 Å². The molecule has 0 aromatic heterocycles. The van der Waals surface area contributed by atoms with Crippen molar-refractivity contribution in [2.24, 2.45) is 0 Å². The zero-order valence-electron chi connectivity index (χ0n) is 38.2. The minimum Gasteiger partial charge on any atom is -0.493 e. The summed E-state index contributed by atoms with van der Waals surface area (Å²) in [6.45, 7) is 21.4. The maximum absolute atomic E-state index is 12.7. The fourth-order valence-corrected chi connectivity index (χ4v) is 7.45. The van der Waals surface area contributed by atoms with Gasteiger partial charge < -0.3 is 14.2 Å². The number of hydrogen-bond donors (Lipinski definition) is 0. The van der Waals surface area contributed by atoms with Gasteiger partial charge in [-0.2, -0.15) is 0 Å². The highest BCUT2D eigenvalue weighted by atomic mass is 16.5. The predicted molar refractivity (Wildman–Crippen MR) is 240 cm³/mol. The van der Waals surface area contributed by atoms with Crippen LogP contribution >= 0.6 is 0 Å². The molecule has 0 aliphatic carbocycles. The highest BCUT2D eigenvalue weighted by molar-refractivity contribution is 5.70. The van der Waals surface area contributed by atoms with Crippen LogP contribution in [-0.2, 0) is 36.3 Å². The number of carbonyl (C=O) groups is 2.